The molecular weight excluding hydrogens is 210 g/mol. The van der Waals surface area contributed by atoms with E-state index in [9.17, 15) is 5.11 Å². The second-order valence-electron chi connectivity index (χ2n) is 3.63. The van der Waals surface area contributed by atoms with Crippen LogP contribution in [0.15, 0.2) is 66.0 Å². The maximum absolute atomic E-state index is 9.75. The van der Waals surface area contributed by atoms with Crippen LogP contribution in [0.2, 0.25) is 0 Å². The van der Waals surface area contributed by atoms with Gasteiger partial charge in [0, 0.05) is 5.57 Å². The van der Waals surface area contributed by atoms with Gasteiger partial charge in [-0.05, 0) is 23.8 Å². The first-order valence-electron chi connectivity index (χ1n) is 5.26. The highest BCUT2D eigenvalue weighted by molar-refractivity contribution is 5.56. The zero-order valence-corrected chi connectivity index (χ0v) is 9.17. The smallest absolute Gasteiger partial charge is 0.122 e. The van der Waals surface area contributed by atoms with Crippen molar-refractivity contribution in [2.24, 2.45) is 0 Å². The molecule has 0 radical (unpaired) electrons. The maximum atomic E-state index is 9.75. The second kappa shape index (κ2) is 5.00. The third-order valence-corrected chi connectivity index (χ3v) is 2.43. The van der Waals surface area contributed by atoms with Crippen molar-refractivity contribution in [1.29, 1.82) is 5.26 Å². The minimum absolute atomic E-state index is 0.236. The van der Waals surface area contributed by atoms with Gasteiger partial charge in [-0.3, -0.25) is 0 Å². The van der Waals surface area contributed by atoms with Crippen LogP contribution >= 0.6 is 0 Å². The monoisotopic (exact) mass is 221 g/mol. The summed E-state index contributed by atoms with van der Waals surface area (Å²) in [6, 6.07) is 9.24. The average Bonchev–Trinajstić information content (AvgIpc) is 2.90. The highest BCUT2D eigenvalue weighted by Gasteiger charge is 1.98. The van der Waals surface area contributed by atoms with Gasteiger partial charge in [0.1, 0.15) is 5.76 Å². The first-order valence-corrected chi connectivity index (χ1v) is 5.26. The van der Waals surface area contributed by atoms with Crippen molar-refractivity contribution in [3.8, 4) is 6.07 Å². The Balaban J connectivity index is 2.15. The minimum atomic E-state index is 0.236. The van der Waals surface area contributed by atoms with E-state index < -0.39 is 0 Å². The summed E-state index contributed by atoms with van der Waals surface area (Å²) < 4.78 is 0. The molecule has 0 aromatic heterocycles. The molecule has 2 nitrogen and oxygen atoms in total. The normalized spacial score (nSPS) is 13.2. The maximum Gasteiger partial charge on any atom is 0.122 e. The van der Waals surface area contributed by atoms with E-state index in [2.05, 4.69) is 6.07 Å². The molecule has 0 saturated carbocycles. The van der Waals surface area contributed by atoms with Crippen LogP contribution in [0.5, 0.6) is 0 Å². The van der Waals surface area contributed by atoms with E-state index in [4.69, 9.17) is 5.26 Å². The van der Waals surface area contributed by atoms with Crippen LogP contribution in [-0.2, 0) is 0 Å². The molecular formula is C15H11NO. The molecule has 0 fully saturated rings. The fourth-order valence-corrected chi connectivity index (χ4v) is 1.48. The van der Waals surface area contributed by atoms with Crippen LogP contribution < -0.4 is 0 Å². The highest BCUT2D eigenvalue weighted by Crippen LogP contribution is 2.14. The number of aliphatic hydroxyl groups is 1. The zero-order valence-electron chi connectivity index (χ0n) is 9.17. The number of nitrogens with zero attached hydrogens (tertiary/aromatic N) is 1. The number of nitriles is 1. The van der Waals surface area contributed by atoms with E-state index >= 15 is 0 Å². The van der Waals surface area contributed by atoms with E-state index in [0.29, 0.717) is 5.56 Å². The largest absolute Gasteiger partial charge is 0.507 e. The van der Waals surface area contributed by atoms with Crippen molar-refractivity contribution in [2.75, 3.05) is 0 Å². The Kier molecular flexibility index (Phi) is 3.23. The molecule has 0 saturated heterocycles. The van der Waals surface area contributed by atoms with Crippen molar-refractivity contribution >= 4 is 6.08 Å². The van der Waals surface area contributed by atoms with Crippen molar-refractivity contribution in [2.45, 2.75) is 0 Å². The summed E-state index contributed by atoms with van der Waals surface area (Å²) in [5, 5.41) is 18.4. The van der Waals surface area contributed by atoms with Crippen LogP contribution in [-0.4, -0.2) is 5.11 Å². The summed E-state index contributed by atoms with van der Waals surface area (Å²) in [5.74, 6) is 0.236. The number of benzene rings is 1. The van der Waals surface area contributed by atoms with E-state index in [1.807, 2.05) is 42.5 Å². The van der Waals surface area contributed by atoms with Gasteiger partial charge in [-0.1, -0.05) is 42.5 Å². The van der Waals surface area contributed by atoms with Gasteiger partial charge in [0.15, 0.2) is 0 Å². The number of aliphatic hydroxyl groups excluding tert-OH is 1. The summed E-state index contributed by atoms with van der Waals surface area (Å²) in [6.07, 6.45) is 10.9. The molecule has 1 N–H and O–H groups in total. The van der Waals surface area contributed by atoms with Gasteiger partial charge in [0.05, 0.1) is 11.6 Å². The van der Waals surface area contributed by atoms with Crippen molar-refractivity contribution in [3.63, 3.8) is 0 Å². The third kappa shape index (κ3) is 2.73. The van der Waals surface area contributed by atoms with Crippen LogP contribution in [0.4, 0.5) is 0 Å². The van der Waals surface area contributed by atoms with E-state index in [1.54, 1.807) is 18.2 Å². The van der Waals surface area contributed by atoms with Gasteiger partial charge in [0.25, 0.3) is 0 Å². The Morgan fingerprint density at radius 3 is 2.35 bits per heavy atom. The van der Waals surface area contributed by atoms with Crippen molar-refractivity contribution < 1.29 is 5.11 Å². The fourth-order valence-electron chi connectivity index (χ4n) is 1.48. The summed E-state index contributed by atoms with van der Waals surface area (Å²) in [6.45, 7) is 0. The molecule has 1 aliphatic rings. The number of allylic oxidation sites excluding steroid dienone is 6. The van der Waals surface area contributed by atoms with E-state index in [1.165, 1.54) is 0 Å². The zero-order chi connectivity index (χ0) is 12.1. The molecule has 0 atom stereocenters. The molecule has 0 unspecified atom stereocenters. The molecule has 2 heteroatoms. The number of hydrogen-bond acceptors (Lipinski definition) is 2. The SMILES string of the molecule is N#Cc1ccc(/C=C/C(O)=C2C=CC=C2)cc1. The average molecular weight is 221 g/mol. The molecule has 0 spiro atoms. The van der Waals surface area contributed by atoms with Gasteiger partial charge in [-0.2, -0.15) is 5.26 Å². The predicted octanol–water partition coefficient (Wildman–Crippen LogP) is 3.51. The predicted molar refractivity (Wildman–Crippen MR) is 68.1 cm³/mol. The van der Waals surface area contributed by atoms with Crippen molar-refractivity contribution in [3.05, 3.63) is 77.1 Å². The van der Waals surface area contributed by atoms with Gasteiger partial charge < -0.3 is 5.11 Å². The number of hydrogen-bond donors (Lipinski definition) is 1. The van der Waals surface area contributed by atoms with Gasteiger partial charge >= 0.3 is 0 Å². The van der Waals surface area contributed by atoms with E-state index in [-0.39, 0.29) is 5.76 Å². The lowest BCUT2D eigenvalue weighted by molar-refractivity contribution is 0.430. The highest BCUT2D eigenvalue weighted by atomic mass is 16.3. The summed E-state index contributed by atoms with van der Waals surface area (Å²) in [7, 11) is 0. The lowest BCUT2D eigenvalue weighted by atomic mass is 10.1. The first kappa shape index (κ1) is 11.0. The van der Waals surface area contributed by atoms with Crippen LogP contribution in [0.25, 0.3) is 6.08 Å². The second-order valence-corrected chi connectivity index (χ2v) is 3.63. The topological polar surface area (TPSA) is 44.0 Å². The Morgan fingerprint density at radius 1 is 1.12 bits per heavy atom. The molecule has 0 aliphatic heterocycles. The Morgan fingerprint density at radius 2 is 1.76 bits per heavy atom. The molecule has 1 aliphatic carbocycles. The Labute approximate surface area is 100 Å². The summed E-state index contributed by atoms with van der Waals surface area (Å²) in [4.78, 5) is 0. The van der Waals surface area contributed by atoms with Crippen LogP contribution in [0.1, 0.15) is 11.1 Å². The van der Waals surface area contributed by atoms with Crippen LogP contribution in [0, 0.1) is 11.3 Å². The molecule has 82 valence electrons. The first-order chi connectivity index (χ1) is 8.29. The molecule has 1 aromatic rings. The summed E-state index contributed by atoms with van der Waals surface area (Å²) in [5.41, 5.74) is 2.38. The molecule has 0 heterocycles. The molecule has 0 amide bonds. The summed E-state index contributed by atoms with van der Waals surface area (Å²) >= 11 is 0. The molecule has 0 bridgehead atoms. The van der Waals surface area contributed by atoms with Gasteiger partial charge in [-0.15, -0.1) is 0 Å². The molecule has 2 rings (SSSR count). The van der Waals surface area contributed by atoms with Gasteiger partial charge in [-0.25, -0.2) is 0 Å². The molecule has 17 heavy (non-hydrogen) atoms. The molecule has 1 aromatic carbocycles. The lowest BCUT2D eigenvalue weighted by Gasteiger charge is -1.96. The number of rotatable bonds is 2. The third-order valence-electron chi connectivity index (χ3n) is 2.43. The quantitative estimate of drug-likeness (QED) is 0.776. The minimum Gasteiger partial charge on any atom is -0.507 e. The lowest BCUT2D eigenvalue weighted by Crippen LogP contribution is -1.80. The standard InChI is InChI=1S/C15H11NO/c16-11-13-7-5-12(6-8-13)9-10-15(17)14-3-1-2-4-14/h1-10,17H/b10-9+. The van der Waals surface area contributed by atoms with E-state index in [0.717, 1.165) is 11.1 Å². The Bertz CT molecular complexity index is 552. The Hall–Kier alpha value is -2.53. The van der Waals surface area contributed by atoms with Crippen molar-refractivity contribution in [1.82, 2.24) is 0 Å². The van der Waals surface area contributed by atoms with Crippen LogP contribution in [0.3, 0.4) is 0 Å². The fraction of sp³-hybridized carbons (Fsp3) is 0. The van der Waals surface area contributed by atoms with Gasteiger partial charge in [0.2, 0.25) is 0 Å².